The maximum Gasteiger partial charge on any atom is 0.236 e. The van der Waals surface area contributed by atoms with Crippen molar-refractivity contribution in [3.05, 3.63) is 64.8 Å². The lowest BCUT2D eigenvalue weighted by molar-refractivity contribution is -0.113. The lowest BCUT2D eigenvalue weighted by Crippen LogP contribution is -2.14. The second kappa shape index (κ2) is 9.54. The van der Waals surface area contributed by atoms with Crippen LogP contribution in [0.1, 0.15) is 17.0 Å². The number of ether oxygens (including phenoxy) is 1. The molecule has 0 atom stereocenters. The van der Waals surface area contributed by atoms with Crippen LogP contribution >= 0.6 is 23.1 Å². The largest absolute Gasteiger partial charge is 0.496 e. The van der Waals surface area contributed by atoms with Gasteiger partial charge in [0.05, 0.1) is 24.2 Å². The van der Waals surface area contributed by atoms with E-state index in [2.05, 4.69) is 52.5 Å². The first kappa shape index (κ1) is 22.0. The van der Waals surface area contributed by atoms with Gasteiger partial charge in [-0.3, -0.25) is 9.36 Å². The average molecular weight is 466 g/mol. The van der Waals surface area contributed by atoms with Gasteiger partial charge in [0, 0.05) is 10.9 Å². The van der Waals surface area contributed by atoms with Crippen molar-refractivity contribution in [1.29, 1.82) is 0 Å². The van der Waals surface area contributed by atoms with E-state index in [9.17, 15) is 4.79 Å². The summed E-state index contributed by atoms with van der Waals surface area (Å²) in [6.45, 7) is 6.02. The maximum atomic E-state index is 12.6. The molecule has 0 saturated carbocycles. The van der Waals surface area contributed by atoms with Gasteiger partial charge in [-0.05, 0) is 50.1 Å². The third kappa shape index (κ3) is 4.68. The van der Waals surface area contributed by atoms with E-state index >= 15 is 0 Å². The van der Waals surface area contributed by atoms with Crippen molar-refractivity contribution in [1.82, 2.24) is 19.7 Å². The Morgan fingerprint density at radius 1 is 1.16 bits per heavy atom. The van der Waals surface area contributed by atoms with Crippen molar-refractivity contribution in [2.75, 3.05) is 18.2 Å². The molecule has 0 aliphatic heterocycles. The van der Waals surface area contributed by atoms with Gasteiger partial charge in [0.2, 0.25) is 5.91 Å². The Kier molecular flexibility index (Phi) is 6.57. The minimum absolute atomic E-state index is 0.149. The number of aryl methyl sites for hydroxylation is 3. The molecule has 2 aromatic heterocycles. The summed E-state index contributed by atoms with van der Waals surface area (Å²) < 4.78 is 7.39. The second-order valence-electron chi connectivity index (χ2n) is 7.23. The zero-order valence-corrected chi connectivity index (χ0v) is 19.9. The minimum atomic E-state index is -0.149. The number of aromatic nitrogens is 4. The molecule has 0 aliphatic carbocycles. The van der Waals surface area contributed by atoms with Crippen molar-refractivity contribution < 1.29 is 9.53 Å². The van der Waals surface area contributed by atoms with Crippen LogP contribution < -0.4 is 10.1 Å². The summed E-state index contributed by atoms with van der Waals surface area (Å²) in [5.41, 5.74) is 4.95. The number of carbonyl (C=O) groups excluding carboxylic acids is 1. The quantitative estimate of drug-likeness (QED) is 0.385. The van der Waals surface area contributed by atoms with Gasteiger partial charge in [-0.1, -0.05) is 36.0 Å². The van der Waals surface area contributed by atoms with Crippen LogP contribution in [0, 0.1) is 20.8 Å². The van der Waals surface area contributed by atoms with Crippen molar-refractivity contribution >= 4 is 34.1 Å². The predicted molar refractivity (Wildman–Crippen MR) is 129 cm³/mol. The van der Waals surface area contributed by atoms with Crippen LogP contribution in [0.4, 0.5) is 5.13 Å². The van der Waals surface area contributed by atoms with Gasteiger partial charge < -0.3 is 10.1 Å². The minimum Gasteiger partial charge on any atom is -0.496 e. The zero-order valence-electron chi connectivity index (χ0n) is 18.2. The number of amides is 1. The van der Waals surface area contributed by atoms with E-state index in [1.165, 1.54) is 23.1 Å². The highest BCUT2D eigenvalue weighted by Gasteiger charge is 2.16. The van der Waals surface area contributed by atoms with Crippen molar-refractivity contribution in [2.24, 2.45) is 0 Å². The summed E-state index contributed by atoms with van der Waals surface area (Å²) in [7, 11) is 1.63. The van der Waals surface area contributed by atoms with E-state index in [0.29, 0.717) is 10.3 Å². The first-order valence-electron chi connectivity index (χ1n) is 9.97. The van der Waals surface area contributed by atoms with Crippen molar-refractivity contribution in [3.63, 3.8) is 0 Å². The van der Waals surface area contributed by atoms with Crippen LogP contribution in [-0.2, 0) is 4.79 Å². The van der Waals surface area contributed by atoms with Crippen LogP contribution in [0.15, 0.2) is 53.0 Å². The van der Waals surface area contributed by atoms with Gasteiger partial charge in [0.1, 0.15) is 11.6 Å². The standard InChI is InChI=1S/C23H23N5O2S2/c1-14-9-10-15(2)19(11-14)28-16(3)26-27-23(28)32-13-21(29)25-22-24-18(12-31-22)17-7-5-6-8-20(17)30-4/h5-12H,13H2,1-4H3,(H,24,25,29). The number of rotatable bonds is 7. The van der Waals surface area contributed by atoms with Gasteiger partial charge in [-0.2, -0.15) is 0 Å². The highest BCUT2D eigenvalue weighted by atomic mass is 32.2. The van der Waals surface area contributed by atoms with E-state index in [1.54, 1.807) is 7.11 Å². The third-order valence-electron chi connectivity index (χ3n) is 4.87. The Hall–Kier alpha value is -3.17. The fourth-order valence-corrected chi connectivity index (χ4v) is 4.79. The molecule has 4 aromatic rings. The van der Waals surface area contributed by atoms with Gasteiger partial charge in [-0.25, -0.2) is 4.98 Å². The molecule has 2 heterocycles. The number of nitrogens with zero attached hydrogens (tertiary/aromatic N) is 4. The number of methoxy groups -OCH3 is 1. The van der Waals surface area contributed by atoms with Gasteiger partial charge in [-0.15, -0.1) is 21.5 Å². The van der Waals surface area contributed by atoms with E-state index in [4.69, 9.17) is 4.74 Å². The Labute approximate surface area is 194 Å². The molecule has 7 nitrogen and oxygen atoms in total. The van der Waals surface area contributed by atoms with Gasteiger partial charge >= 0.3 is 0 Å². The summed E-state index contributed by atoms with van der Waals surface area (Å²) in [6.07, 6.45) is 0. The van der Waals surface area contributed by atoms with Crippen LogP contribution in [0.2, 0.25) is 0 Å². The molecule has 32 heavy (non-hydrogen) atoms. The number of carbonyl (C=O) groups is 1. The highest BCUT2D eigenvalue weighted by Crippen LogP contribution is 2.32. The number of anilines is 1. The molecule has 1 amide bonds. The average Bonchev–Trinajstić information content (AvgIpc) is 3.40. The molecule has 0 spiro atoms. The zero-order chi connectivity index (χ0) is 22.7. The van der Waals surface area contributed by atoms with Gasteiger partial charge in [0.25, 0.3) is 0 Å². The highest BCUT2D eigenvalue weighted by molar-refractivity contribution is 7.99. The number of thioether (sulfide) groups is 1. The number of thiazole rings is 1. The molecule has 9 heteroatoms. The summed E-state index contributed by atoms with van der Waals surface area (Å²) in [6, 6.07) is 13.9. The molecule has 1 N–H and O–H groups in total. The molecular weight excluding hydrogens is 442 g/mol. The summed E-state index contributed by atoms with van der Waals surface area (Å²) in [5, 5.41) is 14.5. The van der Waals surface area contributed by atoms with Crippen LogP contribution in [0.5, 0.6) is 5.75 Å². The molecule has 0 aliphatic rings. The Bertz CT molecular complexity index is 1270. The Balaban J connectivity index is 1.45. The molecule has 0 saturated heterocycles. The molecule has 164 valence electrons. The number of para-hydroxylation sites is 1. The molecular formula is C23H23N5O2S2. The number of hydrogen-bond donors (Lipinski definition) is 1. The second-order valence-corrected chi connectivity index (χ2v) is 9.03. The SMILES string of the molecule is COc1ccccc1-c1csc(NC(=O)CSc2nnc(C)n2-c2cc(C)ccc2C)n1. The fraction of sp³-hybridized carbons (Fsp3) is 0.217. The molecule has 0 bridgehead atoms. The number of hydrogen-bond acceptors (Lipinski definition) is 7. The summed E-state index contributed by atoms with van der Waals surface area (Å²) in [4.78, 5) is 17.1. The topological polar surface area (TPSA) is 81.9 Å². The first-order chi connectivity index (χ1) is 15.5. The Morgan fingerprint density at radius 3 is 2.78 bits per heavy atom. The smallest absolute Gasteiger partial charge is 0.236 e. The number of nitrogens with one attached hydrogen (secondary N) is 1. The van der Waals surface area contributed by atoms with E-state index in [0.717, 1.165) is 39.6 Å². The monoisotopic (exact) mass is 465 g/mol. The fourth-order valence-electron chi connectivity index (χ4n) is 3.27. The Morgan fingerprint density at radius 2 is 1.97 bits per heavy atom. The van der Waals surface area contributed by atoms with Crippen LogP contribution in [-0.4, -0.2) is 38.5 Å². The van der Waals surface area contributed by atoms with Crippen LogP contribution in [0.25, 0.3) is 16.9 Å². The van der Waals surface area contributed by atoms with E-state index in [1.807, 2.05) is 41.1 Å². The lowest BCUT2D eigenvalue weighted by atomic mass is 10.1. The predicted octanol–water partition coefficient (Wildman–Crippen LogP) is 5.06. The summed E-state index contributed by atoms with van der Waals surface area (Å²) in [5.74, 6) is 1.58. The maximum absolute atomic E-state index is 12.6. The van der Waals surface area contributed by atoms with E-state index in [-0.39, 0.29) is 11.7 Å². The van der Waals surface area contributed by atoms with E-state index < -0.39 is 0 Å². The normalized spacial score (nSPS) is 10.9. The molecule has 0 unspecified atom stereocenters. The lowest BCUT2D eigenvalue weighted by Gasteiger charge is -2.12. The first-order valence-corrected chi connectivity index (χ1v) is 11.8. The molecule has 4 rings (SSSR count). The molecule has 2 aromatic carbocycles. The molecule has 0 fully saturated rings. The van der Waals surface area contributed by atoms with Crippen molar-refractivity contribution in [3.8, 4) is 22.7 Å². The molecule has 0 radical (unpaired) electrons. The van der Waals surface area contributed by atoms with Gasteiger partial charge in [0.15, 0.2) is 10.3 Å². The van der Waals surface area contributed by atoms with Crippen molar-refractivity contribution in [2.45, 2.75) is 25.9 Å². The third-order valence-corrected chi connectivity index (χ3v) is 6.55. The number of benzene rings is 2. The van der Waals surface area contributed by atoms with Crippen LogP contribution in [0.3, 0.4) is 0 Å². The summed E-state index contributed by atoms with van der Waals surface area (Å²) >= 11 is 2.73.